The average molecular weight is 1370 g/mol. The van der Waals surface area contributed by atoms with E-state index in [1.165, 1.54) is 18.2 Å². The van der Waals surface area contributed by atoms with Crippen LogP contribution in [0, 0.1) is 0 Å². The third-order valence-electron chi connectivity index (χ3n) is 13.4. The molecule has 9 heterocycles. The van der Waals surface area contributed by atoms with Crippen LogP contribution in [0.5, 0.6) is 17.6 Å². The number of halogens is 19. The molecule has 0 spiro atoms. The Hall–Kier alpha value is -7.21. The Morgan fingerprint density at radius 1 is 0.457 bits per heavy atom. The van der Waals surface area contributed by atoms with Gasteiger partial charge >= 0.3 is 37.1 Å². The normalized spacial score (nSPS) is 15.7. The molecule has 92 heavy (non-hydrogen) atoms. The molecule has 9 rings (SSSR count). The molecule has 3 fully saturated rings. The van der Waals surface area contributed by atoms with Crippen molar-refractivity contribution in [1.29, 1.82) is 0 Å². The third kappa shape index (κ3) is 22.8. The Morgan fingerprint density at radius 2 is 0.848 bits per heavy atom. The third-order valence-corrected chi connectivity index (χ3v) is 13.6. The molecule has 1 N–H and O–H groups in total. The lowest BCUT2D eigenvalue weighted by Crippen LogP contribution is -2.39. The number of ether oxygens (including phenoxy) is 6. The lowest BCUT2D eigenvalue weighted by atomic mass is 10.1. The minimum absolute atomic E-state index is 0. The van der Waals surface area contributed by atoms with Crippen LogP contribution in [0.25, 0.3) is 0 Å². The minimum atomic E-state index is -4.60. The number of pyridine rings is 3. The molecule has 0 aliphatic carbocycles. The molecule has 3 aliphatic rings. The Bertz CT molecular complexity index is 3100. The zero-order valence-corrected chi connectivity index (χ0v) is 49.2. The van der Waals surface area contributed by atoms with Gasteiger partial charge in [-0.3, -0.25) is 5.10 Å². The molecule has 18 nitrogen and oxygen atoms in total. The first-order chi connectivity index (χ1) is 42.7. The number of aromatic amines is 1. The number of nitrogens with one attached hydrogen (secondary N) is 1. The van der Waals surface area contributed by atoms with E-state index < -0.39 is 70.8 Å². The van der Waals surface area contributed by atoms with Gasteiger partial charge in [0.2, 0.25) is 17.6 Å². The summed E-state index contributed by atoms with van der Waals surface area (Å²) < 4.78 is 263. The Morgan fingerprint density at radius 3 is 1.16 bits per heavy atom. The molecule has 0 saturated carbocycles. The van der Waals surface area contributed by atoms with Crippen LogP contribution in [0.2, 0.25) is 0 Å². The van der Waals surface area contributed by atoms with Crippen LogP contribution in [-0.4, -0.2) is 128 Å². The van der Waals surface area contributed by atoms with Crippen molar-refractivity contribution in [2.45, 2.75) is 136 Å². The molecule has 0 bridgehead atoms. The molecule has 0 atom stereocenters. The van der Waals surface area contributed by atoms with Gasteiger partial charge in [0.25, 0.3) is 0 Å². The number of H-pyrrole nitrogens is 1. The number of nitrogens with zero attached hydrogens (tertiary/aromatic N) is 11. The molecule has 3 saturated heterocycles. The monoisotopic (exact) mass is 1370 g/mol. The van der Waals surface area contributed by atoms with Crippen molar-refractivity contribution < 1.29 is 107 Å². The van der Waals surface area contributed by atoms with Crippen LogP contribution in [-0.2, 0) is 64.7 Å². The largest absolute Gasteiger partial charge is 0.474 e. The molecule has 514 valence electrons. The van der Waals surface area contributed by atoms with Crippen LogP contribution in [0.15, 0.2) is 73.2 Å². The van der Waals surface area contributed by atoms with E-state index in [1.54, 1.807) is 28.5 Å². The lowest BCUT2D eigenvalue weighted by molar-refractivity contribution is -0.147. The van der Waals surface area contributed by atoms with Gasteiger partial charge in [0.05, 0.1) is 16.7 Å². The van der Waals surface area contributed by atoms with E-state index in [-0.39, 0.29) is 63.4 Å². The van der Waals surface area contributed by atoms with Gasteiger partial charge in [-0.15, -0.1) is 10.2 Å². The zero-order valence-electron chi connectivity index (χ0n) is 48.4. The van der Waals surface area contributed by atoms with Crippen LogP contribution >= 0.6 is 11.6 Å². The highest BCUT2D eigenvalue weighted by Gasteiger charge is 2.40. The predicted octanol–water partition coefficient (Wildman–Crippen LogP) is 14.5. The molecular formula is C55H65ClF18N12O6. The average Bonchev–Trinajstić information content (AvgIpc) is 1.23. The van der Waals surface area contributed by atoms with Gasteiger partial charge in [-0.25, -0.2) is 24.3 Å². The number of hydrogen-bond acceptors (Lipinski definition) is 15. The summed E-state index contributed by atoms with van der Waals surface area (Å²) in [5.74, 6) is 0.901. The number of piperidine rings is 3. The first-order valence-corrected chi connectivity index (χ1v) is 28.3. The highest BCUT2D eigenvalue weighted by molar-refractivity contribution is 6.17. The van der Waals surface area contributed by atoms with Crippen molar-refractivity contribution in [3.63, 3.8) is 0 Å². The quantitative estimate of drug-likeness (QED) is 0.0676. The van der Waals surface area contributed by atoms with E-state index in [4.69, 9.17) is 35.3 Å². The fourth-order valence-corrected chi connectivity index (χ4v) is 8.94. The van der Waals surface area contributed by atoms with E-state index in [2.05, 4.69) is 35.0 Å². The summed E-state index contributed by atoms with van der Waals surface area (Å²) in [4.78, 5) is 17.0. The van der Waals surface area contributed by atoms with Crippen LogP contribution in [0.3, 0.4) is 0 Å². The van der Waals surface area contributed by atoms with Crippen molar-refractivity contribution in [1.82, 2.24) is 44.7 Å². The molecule has 3 aliphatic heterocycles. The summed E-state index contributed by atoms with van der Waals surface area (Å²) in [6.07, 6.45) is -23.0. The summed E-state index contributed by atoms with van der Waals surface area (Å²) in [5, 5.41) is 12.7. The van der Waals surface area contributed by atoms with Gasteiger partial charge in [0, 0.05) is 134 Å². The summed E-state index contributed by atoms with van der Waals surface area (Å²) in [6.45, 7) is 8.69. The van der Waals surface area contributed by atoms with E-state index in [0.717, 1.165) is 59.7 Å². The maximum atomic E-state index is 13.2. The second kappa shape index (κ2) is 33.1. The molecule has 0 radical (unpaired) electrons. The minimum Gasteiger partial charge on any atom is -0.474 e. The number of alkyl halides is 19. The smallest absolute Gasteiger partial charge is 0.435 e. The molecular weight excluding hydrogens is 1300 g/mol. The summed E-state index contributed by atoms with van der Waals surface area (Å²) >= 11 is 5.08. The highest BCUT2D eigenvalue weighted by atomic mass is 35.5. The van der Waals surface area contributed by atoms with Gasteiger partial charge in [-0.05, 0) is 57.2 Å². The molecule has 6 aromatic rings. The summed E-state index contributed by atoms with van der Waals surface area (Å²) in [7, 11) is 0. The standard InChI is InChI=1S/2C18H20F6N4O2.C15H14F6N4O.C3H7ClO.CH4/c1-2-29-11-28-14(18(22,23)24)9-16(26-28)30-13-5-7-27(8-6-13)15-4-3-12(10-25-15)17(19,20)21;1-2-29-11-28-16(9-14(26-28)18(22,23)24)30-13-5-7-27(8-6-13)15-4-3-12(10-25-15)17(19,20)21;16-14(17,18)9-1-2-12(22-8-9)25-5-3-10(4-6-25)26-13-7-11(23-24-13)15(19,20)21;1-2-5-3-4;/h2*3-4,9-10,13H,2,5-8,11H2,1H3;1-2,7-8,10H,3-6H2,(H,23,24);2-3H2,1H3;1H4. The van der Waals surface area contributed by atoms with Crippen molar-refractivity contribution in [2.24, 2.45) is 0 Å². The van der Waals surface area contributed by atoms with Gasteiger partial charge in [-0.2, -0.15) is 84.1 Å². The Kier molecular flexibility index (Phi) is 27.1. The first kappa shape index (κ1) is 75.5. The number of hydrogen-bond donors (Lipinski definition) is 1. The zero-order chi connectivity index (χ0) is 67.0. The lowest BCUT2D eigenvalue weighted by Gasteiger charge is -2.33. The summed E-state index contributed by atoms with van der Waals surface area (Å²) in [6, 6.07) is 9.59. The topological polar surface area (TPSA) is 168 Å². The summed E-state index contributed by atoms with van der Waals surface area (Å²) in [5.41, 5.74) is -5.49. The van der Waals surface area contributed by atoms with Gasteiger partial charge in [-0.1, -0.05) is 19.0 Å². The van der Waals surface area contributed by atoms with E-state index in [0.29, 0.717) is 119 Å². The van der Waals surface area contributed by atoms with Crippen molar-refractivity contribution in [3.8, 4) is 17.6 Å². The number of rotatable bonds is 17. The van der Waals surface area contributed by atoms with Gasteiger partial charge in [0.15, 0.2) is 5.69 Å². The van der Waals surface area contributed by atoms with Gasteiger partial charge < -0.3 is 43.1 Å². The number of aromatic nitrogens is 9. The molecule has 0 aromatic carbocycles. The van der Waals surface area contributed by atoms with Crippen molar-refractivity contribution in [2.75, 3.05) is 79.9 Å². The van der Waals surface area contributed by atoms with E-state index in [9.17, 15) is 79.0 Å². The number of anilines is 3. The fourth-order valence-electron chi connectivity index (χ4n) is 8.79. The fraction of sp³-hybridized carbons (Fsp3) is 0.564. The second-order valence-electron chi connectivity index (χ2n) is 19.8. The Balaban J connectivity index is 0.000000240. The SMILES string of the molecule is C.CCOCCl.CCOCn1nc(C(F)(F)F)cc1OC1CCN(c2ccc(C(F)(F)F)cn2)CC1.CCOCn1nc(OC2CCN(c3ccc(C(F)(F)F)cn3)CC2)cc1C(F)(F)F.FC(F)(F)c1ccc(N2CCC(Oc3cc(C(F)(F)F)[nH]n3)CC2)nc1. The maximum Gasteiger partial charge on any atom is 0.435 e. The molecule has 37 heteroatoms. The first-order valence-electron chi connectivity index (χ1n) is 27.8. The van der Waals surface area contributed by atoms with Crippen LogP contribution < -0.4 is 28.9 Å². The highest BCUT2D eigenvalue weighted by Crippen LogP contribution is 2.37. The molecule has 0 unspecified atom stereocenters. The van der Waals surface area contributed by atoms with Crippen LogP contribution in [0.4, 0.5) is 96.5 Å². The Labute approximate surface area is 520 Å². The molecule has 6 aromatic heterocycles. The van der Waals surface area contributed by atoms with Crippen molar-refractivity contribution >= 4 is 29.1 Å². The maximum absolute atomic E-state index is 13.2. The van der Waals surface area contributed by atoms with Gasteiger partial charge in [0.1, 0.15) is 66.7 Å². The van der Waals surface area contributed by atoms with E-state index in [1.807, 2.05) is 12.0 Å². The second-order valence-corrected chi connectivity index (χ2v) is 20.0. The van der Waals surface area contributed by atoms with Crippen LogP contribution in [0.1, 0.15) is 100 Å². The predicted molar refractivity (Wildman–Crippen MR) is 296 cm³/mol. The van der Waals surface area contributed by atoms with E-state index >= 15 is 0 Å². The molecule has 0 amide bonds. The van der Waals surface area contributed by atoms with Crippen molar-refractivity contribution in [3.05, 3.63) is 107 Å².